The number of nitrogens with two attached hydrogens (primary N) is 1. The molecule has 1 rings (SSSR count). The third-order valence-electron chi connectivity index (χ3n) is 2.24. The first kappa shape index (κ1) is 12.3. The van der Waals surface area contributed by atoms with Gasteiger partial charge in [0.1, 0.15) is 11.6 Å². The zero-order valence-corrected chi connectivity index (χ0v) is 9.30. The first-order valence-electron chi connectivity index (χ1n) is 5.04. The number of hydrogen-bond acceptors (Lipinski definition) is 4. The highest BCUT2D eigenvalue weighted by Crippen LogP contribution is 2.12. The Bertz CT molecular complexity index is 366. The minimum atomic E-state index is 0.225. The van der Waals surface area contributed by atoms with Crippen LogP contribution in [0.15, 0.2) is 29.4 Å². The molecule has 5 heteroatoms. The number of amidine groups is 1. The third kappa shape index (κ3) is 4.18. The molecule has 4 N–H and O–H groups in total. The highest BCUT2D eigenvalue weighted by atomic mass is 16.4. The van der Waals surface area contributed by atoms with Crippen molar-refractivity contribution in [3.05, 3.63) is 29.8 Å². The first-order valence-corrected chi connectivity index (χ1v) is 5.04. The summed E-state index contributed by atoms with van der Waals surface area (Å²) in [5.41, 5.74) is 6.40. The Hall–Kier alpha value is -1.75. The van der Waals surface area contributed by atoms with E-state index in [-0.39, 0.29) is 11.6 Å². The van der Waals surface area contributed by atoms with E-state index in [1.54, 1.807) is 12.1 Å². The van der Waals surface area contributed by atoms with Crippen molar-refractivity contribution in [2.75, 3.05) is 13.6 Å². The van der Waals surface area contributed by atoms with Crippen LogP contribution in [0, 0.1) is 0 Å². The van der Waals surface area contributed by atoms with Gasteiger partial charge < -0.3 is 20.9 Å². The molecule has 0 aromatic heterocycles. The number of hydrogen-bond donors (Lipinski definition) is 3. The van der Waals surface area contributed by atoms with Crippen molar-refractivity contribution < 1.29 is 10.3 Å². The number of rotatable bonds is 5. The molecule has 0 atom stereocenters. The van der Waals surface area contributed by atoms with Crippen LogP contribution in [0.2, 0.25) is 0 Å². The van der Waals surface area contributed by atoms with Crippen LogP contribution >= 0.6 is 0 Å². The second-order valence-electron chi connectivity index (χ2n) is 3.75. The Morgan fingerprint density at radius 2 is 2.25 bits per heavy atom. The number of phenols is 1. The lowest BCUT2D eigenvalue weighted by molar-refractivity contribution is 0.309. The second-order valence-corrected chi connectivity index (χ2v) is 3.75. The lowest BCUT2D eigenvalue weighted by Crippen LogP contribution is -2.24. The average Bonchev–Trinajstić information content (AvgIpc) is 2.26. The molecule has 5 nitrogen and oxygen atoms in total. The molecule has 0 aliphatic heterocycles. The Morgan fingerprint density at radius 1 is 1.50 bits per heavy atom. The van der Waals surface area contributed by atoms with Gasteiger partial charge in [0, 0.05) is 19.5 Å². The number of phenolic OH excluding ortho intramolecular Hbond substituents is 1. The molecule has 0 spiro atoms. The van der Waals surface area contributed by atoms with Gasteiger partial charge in [-0.1, -0.05) is 17.3 Å². The van der Waals surface area contributed by atoms with Gasteiger partial charge in [0.05, 0.1) is 0 Å². The van der Waals surface area contributed by atoms with Gasteiger partial charge >= 0.3 is 0 Å². The molecule has 0 bridgehead atoms. The van der Waals surface area contributed by atoms with Crippen LogP contribution in [0.25, 0.3) is 0 Å². The highest BCUT2D eigenvalue weighted by molar-refractivity contribution is 5.79. The van der Waals surface area contributed by atoms with Crippen LogP contribution < -0.4 is 5.73 Å². The summed E-state index contributed by atoms with van der Waals surface area (Å²) in [6.07, 6.45) is 0.520. The third-order valence-corrected chi connectivity index (χ3v) is 2.24. The fraction of sp³-hybridized carbons (Fsp3) is 0.364. The van der Waals surface area contributed by atoms with E-state index < -0.39 is 0 Å². The average molecular weight is 223 g/mol. The maximum atomic E-state index is 9.29. The molecule has 88 valence electrons. The van der Waals surface area contributed by atoms with Gasteiger partial charge in [0.15, 0.2) is 0 Å². The summed E-state index contributed by atoms with van der Waals surface area (Å²) in [4.78, 5) is 2.03. The van der Waals surface area contributed by atoms with E-state index in [9.17, 15) is 5.11 Å². The number of aromatic hydroxyl groups is 1. The largest absolute Gasteiger partial charge is 0.508 e. The Labute approximate surface area is 94.8 Å². The molecule has 1 aromatic carbocycles. The summed E-state index contributed by atoms with van der Waals surface area (Å²) in [6.45, 7) is 1.42. The van der Waals surface area contributed by atoms with E-state index in [1.165, 1.54) is 0 Å². The van der Waals surface area contributed by atoms with Gasteiger partial charge in [-0.25, -0.2) is 0 Å². The summed E-state index contributed by atoms with van der Waals surface area (Å²) in [7, 11) is 1.94. The van der Waals surface area contributed by atoms with Gasteiger partial charge in [-0.05, 0) is 24.7 Å². The molecule has 0 aliphatic carbocycles. The molecule has 16 heavy (non-hydrogen) atoms. The lowest BCUT2D eigenvalue weighted by Gasteiger charge is -2.16. The van der Waals surface area contributed by atoms with Crippen molar-refractivity contribution >= 4 is 5.84 Å². The minimum absolute atomic E-state index is 0.225. The van der Waals surface area contributed by atoms with Crippen LogP contribution in [0.5, 0.6) is 5.75 Å². The van der Waals surface area contributed by atoms with Crippen molar-refractivity contribution in [3.8, 4) is 5.75 Å². The fourth-order valence-electron chi connectivity index (χ4n) is 1.40. The van der Waals surface area contributed by atoms with Crippen LogP contribution in [0.1, 0.15) is 12.0 Å². The smallest absolute Gasteiger partial charge is 0.140 e. The van der Waals surface area contributed by atoms with Crippen molar-refractivity contribution in [1.82, 2.24) is 4.90 Å². The zero-order valence-electron chi connectivity index (χ0n) is 9.30. The van der Waals surface area contributed by atoms with E-state index in [4.69, 9.17) is 10.9 Å². The molecule has 0 fully saturated rings. The first-order chi connectivity index (χ1) is 7.61. The van der Waals surface area contributed by atoms with Crippen molar-refractivity contribution in [2.24, 2.45) is 10.9 Å². The Balaban J connectivity index is 2.42. The minimum Gasteiger partial charge on any atom is -0.508 e. The maximum absolute atomic E-state index is 9.29. The lowest BCUT2D eigenvalue weighted by atomic mass is 10.2. The van der Waals surface area contributed by atoms with E-state index in [2.05, 4.69) is 5.16 Å². The van der Waals surface area contributed by atoms with E-state index >= 15 is 0 Å². The molecular weight excluding hydrogens is 206 g/mol. The molecule has 0 saturated heterocycles. The molecule has 0 saturated carbocycles. The van der Waals surface area contributed by atoms with Gasteiger partial charge in [-0.3, -0.25) is 0 Å². The quantitative estimate of drug-likeness (QED) is 0.300. The maximum Gasteiger partial charge on any atom is 0.140 e. The van der Waals surface area contributed by atoms with Crippen LogP contribution in [-0.2, 0) is 6.54 Å². The molecule has 0 unspecified atom stereocenters. The second kappa shape index (κ2) is 5.97. The van der Waals surface area contributed by atoms with Crippen molar-refractivity contribution in [2.45, 2.75) is 13.0 Å². The van der Waals surface area contributed by atoms with E-state index in [0.29, 0.717) is 19.5 Å². The van der Waals surface area contributed by atoms with E-state index in [1.807, 2.05) is 24.1 Å². The topological polar surface area (TPSA) is 82.1 Å². The number of oxime groups is 1. The fourth-order valence-corrected chi connectivity index (χ4v) is 1.40. The van der Waals surface area contributed by atoms with Crippen LogP contribution in [0.3, 0.4) is 0 Å². The summed E-state index contributed by atoms with van der Waals surface area (Å²) >= 11 is 0. The number of benzene rings is 1. The highest BCUT2D eigenvalue weighted by Gasteiger charge is 2.02. The van der Waals surface area contributed by atoms with Crippen molar-refractivity contribution in [1.29, 1.82) is 0 Å². The molecule has 1 aromatic rings. The molecule has 0 amide bonds. The predicted molar refractivity (Wildman–Crippen MR) is 62.5 cm³/mol. The molecule has 0 radical (unpaired) electrons. The van der Waals surface area contributed by atoms with Gasteiger partial charge in [0.25, 0.3) is 0 Å². The SMILES string of the molecule is CN(CCC(N)=NO)Cc1cccc(O)c1. The van der Waals surface area contributed by atoms with Crippen LogP contribution in [0.4, 0.5) is 0 Å². The van der Waals surface area contributed by atoms with E-state index in [0.717, 1.165) is 5.56 Å². The summed E-state index contributed by atoms with van der Waals surface area (Å²) in [5.74, 6) is 0.491. The van der Waals surface area contributed by atoms with Crippen molar-refractivity contribution in [3.63, 3.8) is 0 Å². The Morgan fingerprint density at radius 3 is 2.88 bits per heavy atom. The van der Waals surface area contributed by atoms with Gasteiger partial charge in [0.2, 0.25) is 0 Å². The number of nitrogens with zero attached hydrogens (tertiary/aromatic N) is 2. The normalized spacial score (nSPS) is 12.0. The molecule has 0 heterocycles. The summed E-state index contributed by atoms with van der Waals surface area (Å²) in [5, 5.41) is 20.6. The monoisotopic (exact) mass is 223 g/mol. The zero-order chi connectivity index (χ0) is 12.0. The van der Waals surface area contributed by atoms with Crippen LogP contribution in [-0.4, -0.2) is 34.6 Å². The molecular formula is C11H17N3O2. The van der Waals surface area contributed by atoms with Gasteiger partial charge in [-0.2, -0.15) is 0 Å². The summed E-state index contributed by atoms with van der Waals surface area (Å²) < 4.78 is 0. The Kier molecular flexibility index (Phi) is 4.60. The predicted octanol–water partition coefficient (Wildman–Crippen LogP) is 0.960. The molecule has 0 aliphatic rings. The standard InChI is InChI=1S/C11H17N3O2/c1-14(6-5-11(12)13-16)8-9-3-2-4-10(15)7-9/h2-4,7,15-16H,5-6,8H2,1H3,(H2,12,13). The summed E-state index contributed by atoms with van der Waals surface area (Å²) in [6, 6.07) is 7.11. The van der Waals surface area contributed by atoms with Gasteiger partial charge in [-0.15, -0.1) is 0 Å².